The molecule has 6 nitrogen and oxygen atoms in total. The topological polar surface area (TPSA) is 86.9 Å². The number of rotatable bonds is 3. The van der Waals surface area contributed by atoms with Gasteiger partial charge in [0.25, 0.3) is 0 Å². The molecule has 0 aliphatic heterocycles. The second kappa shape index (κ2) is 4.23. The van der Waals surface area contributed by atoms with Gasteiger partial charge in [-0.15, -0.1) is 0 Å². The molecule has 0 spiro atoms. The third-order valence-corrected chi connectivity index (χ3v) is 2.69. The number of aromatic nitrogens is 3. The van der Waals surface area contributed by atoms with E-state index in [1.54, 1.807) is 24.5 Å². The number of H-pyrrole nitrogens is 1. The minimum absolute atomic E-state index is 0.0862. The van der Waals surface area contributed by atoms with E-state index in [2.05, 4.69) is 9.36 Å². The van der Waals surface area contributed by atoms with E-state index in [9.17, 15) is 9.59 Å². The van der Waals surface area contributed by atoms with E-state index in [1.807, 2.05) is 0 Å². The van der Waals surface area contributed by atoms with E-state index in [0.717, 1.165) is 17.1 Å². The van der Waals surface area contributed by atoms with E-state index in [0.29, 0.717) is 5.01 Å². The molecule has 0 aliphatic rings. The zero-order valence-electron chi connectivity index (χ0n) is 8.08. The van der Waals surface area contributed by atoms with Crippen LogP contribution in [0.25, 0.3) is 10.6 Å². The second-order valence-corrected chi connectivity index (χ2v) is 3.87. The van der Waals surface area contributed by atoms with E-state index in [-0.39, 0.29) is 12.2 Å². The van der Waals surface area contributed by atoms with Crippen LogP contribution in [0.2, 0.25) is 0 Å². The molecule has 82 valence electrons. The number of aliphatic carboxylic acids is 1. The van der Waals surface area contributed by atoms with Crippen molar-refractivity contribution in [3.8, 4) is 10.6 Å². The summed E-state index contributed by atoms with van der Waals surface area (Å²) >= 11 is 1.15. The van der Waals surface area contributed by atoms with Gasteiger partial charge in [-0.2, -0.15) is 9.55 Å². The van der Waals surface area contributed by atoms with Gasteiger partial charge in [-0.25, -0.2) is 9.59 Å². The predicted molar refractivity (Wildman–Crippen MR) is 56.0 cm³/mol. The third-order valence-electron chi connectivity index (χ3n) is 1.89. The van der Waals surface area contributed by atoms with Crippen molar-refractivity contribution in [3.63, 3.8) is 0 Å². The molecule has 0 saturated heterocycles. The summed E-state index contributed by atoms with van der Waals surface area (Å²) in [5.74, 6) is -0.901. The fourth-order valence-electron chi connectivity index (χ4n) is 1.21. The van der Waals surface area contributed by atoms with Gasteiger partial charge in [-0.1, -0.05) is 0 Å². The van der Waals surface area contributed by atoms with Crippen molar-refractivity contribution in [2.45, 2.75) is 6.54 Å². The average Bonchev–Trinajstić information content (AvgIpc) is 2.65. The van der Waals surface area contributed by atoms with E-state index in [4.69, 9.17) is 5.11 Å². The van der Waals surface area contributed by atoms with Gasteiger partial charge in [-0.05, 0) is 11.5 Å². The average molecular weight is 238 g/mol. The molecule has 16 heavy (non-hydrogen) atoms. The Kier molecular flexibility index (Phi) is 2.78. The molecule has 0 atom stereocenters. The van der Waals surface area contributed by atoms with Gasteiger partial charge in [0.15, 0.2) is 12.4 Å². The summed E-state index contributed by atoms with van der Waals surface area (Å²) < 4.78 is 4.02. The van der Waals surface area contributed by atoms with Crippen LogP contribution in [0.5, 0.6) is 0 Å². The maximum Gasteiger partial charge on any atom is 0.370 e. The SMILES string of the molecule is O=C(O)C[n+]1ccc(-c2nc(=O)[nH]s2)cc1. The molecule has 0 aromatic carbocycles. The molecule has 0 radical (unpaired) electrons. The number of nitrogens with one attached hydrogen (secondary N) is 1. The molecule has 7 heteroatoms. The lowest BCUT2D eigenvalue weighted by atomic mass is 10.3. The zero-order valence-corrected chi connectivity index (χ0v) is 8.90. The lowest BCUT2D eigenvalue weighted by Crippen LogP contribution is -2.36. The summed E-state index contributed by atoms with van der Waals surface area (Å²) in [6, 6.07) is 3.43. The Morgan fingerprint density at radius 3 is 2.69 bits per heavy atom. The fourth-order valence-corrected chi connectivity index (χ4v) is 1.83. The maximum atomic E-state index is 10.8. The van der Waals surface area contributed by atoms with Crippen molar-refractivity contribution in [1.29, 1.82) is 0 Å². The van der Waals surface area contributed by atoms with Gasteiger partial charge >= 0.3 is 11.7 Å². The maximum absolute atomic E-state index is 10.8. The smallest absolute Gasteiger partial charge is 0.370 e. The van der Waals surface area contributed by atoms with Gasteiger partial charge < -0.3 is 5.11 Å². The summed E-state index contributed by atoms with van der Waals surface area (Å²) in [5, 5.41) is 9.17. The van der Waals surface area contributed by atoms with Crippen LogP contribution >= 0.6 is 11.5 Å². The number of hydrogen-bond acceptors (Lipinski definition) is 4. The van der Waals surface area contributed by atoms with Crippen LogP contribution in [-0.4, -0.2) is 20.4 Å². The van der Waals surface area contributed by atoms with E-state index < -0.39 is 5.97 Å². The molecule has 0 saturated carbocycles. The standard InChI is InChI=1S/C9H7N3O3S/c13-7(14)5-12-3-1-6(2-4-12)8-10-9(15)11-16-8/h1-4H,5H2,(H-,11,13,14,15)/p+1. The normalized spacial score (nSPS) is 10.2. The number of carbonyl (C=O) groups is 1. The molecule has 2 aromatic rings. The summed E-state index contributed by atoms with van der Waals surface area (Å²) in [7, 11) is 0. The molecule has 0 amide bonds. The van der Waals surface area contributed by atoms with Gasteiger partial charge in [-0.3, -0.25) is 4.37 Å². The van der Waals surface area contributed by atoms with Crippen molar-refractivity contribution >= 4 is 17.5 Å². The molecular weight excluding hydrogens is 230 g/mol. The summed E-state index contributed by atoms with van der Waals surface area (Å²) in [6.45, 7) is -0.0862. The minimum Gasteiger partial charge on any atom is -0.477 e. The van der Waals surface area contributed by atoms with Crippen LogP contribution in [0.4, 0.5) is 0 Å². The van der Waals surface area contributed by atoms with Gasteiger partial charge in [0.05, 0.1) is 0 Å². The number of aromatic amines is 1. The molecule has 0 unspecified atom stereocenters. The molecule has 2 N–H and O–H groups in total. The minimum atomic E-state index is -0.901. The monoisotopic (exact) mass is 238 g/mol. The Labute approximate surface area is 94.0 Å². The van der Waals surface area contributed by atoms with Crippen LogP contribution in [0.3, 0.4) is 0 Å². The second-order valence-electron chi connectivity index (χ2n) is 3.08. The third kappa shape index (κ3) is 2.31. The number of nitrogens with zero attached hydrogens (tertiary/aromatic N) is 2. The lowest BCUT2D eigenvalue weighted by Gasteiger charge is -1.94. The highest BCUT2D eigenvalue weighted by Gasteiger charge is 2.08. The zero-order chi connectivity index (χ0) is 11.5. The molecule has 2 rings (SSSR count). The van der Waals surface area contributed by atoms with Crippen molar-refractivity contribution in [2.75, 3.05) is 0 Å². The molecule has 0 aliphatic carbocycles. The molecular formula is C9H8N3O3S+. The van der Waals surface area contributed by atoms with Gasteiger partial charge in [0.1, 0.15) is 5.01 Å². The number of hydrogen-bond donors (Lipinski definition) is 2. The first-order valence-corrected chi connectivity index (χ1v) is 5.23. The highest BCUT2D eigenvalue weighted by atomic mass is 32.1. The Hall–Kier alpha value is -2.02. The Morgan fingerprint density at radius 1 is 1.50 bits per heavy atom. The molecule has 2 aromatic heterocycles. The Balaban J connectivity index is 2.25. The lowest BCUT2D eigenvalue weighted by molar-refractivity contribution is -0.685. The highest BCUT2D eigenvalue weighted by molar-refractivity contribution is 7.09. The Bertz CT molecular complexity index is 558. The number of carboxylic acids is 1. The van der Waals surface area contributed by atoms with Crippen molar-refractivity contribution < 1.29 is 14.5 Å². The van der Waals surface area contributed by atoms with E-state index >= 15 is 0 Å². The van der Waals surface area contributed by atoms with Crippen LogP contribution in [-0.2, 0) is 11.3 Å². The van der Waals surface area contributed by atoms with Crippen LogP contribution in [0.1, 0.15) is 0 Å². The molecule has 0 fully saturated rings. The van der Waals surface area contributed by atoms with Gasteiger partial charge in [0.2, 0.25) is 6.54 Å². The van der Waals surface area contributed by atoms with E-state index in [1.165, 1.54) is 4.57 Å². The van der Waals surface area contributed by atoms with Crippen LogP contribution < -0.4 is 10.3 Å². The quantitative estimate of drug-likeness (QED) is 0.729. The first-order chi connectivity index (χ1) is 7.65. The number of carboxylic acid groups (broad SMARTS) is 1. The first-order valence-electron chi connectivity index (χ1n) is 4.42. The van der Waals surface area contributed by atoms with Crippen molar-refractivity contribution in [3.05, 3.63) is 35.0 Å². The van der Waals surface area contributed by atoms with Crippen LogP contribution in [0.15, 0.2) is 29.3 Å². The Morgan fingerprint density at radius 2 is 2.19 bits per heavy atom. The first kappa shape index (κ1) is 10.5. The van der Waals surface area contributed by atoms with Gasteiger partial charge in [0, 0.05) is 17.7 Å². The molecule has 0 bridgehead atoms. The predicted octanol–water partition coefficient (Wildman–Crippen LogP) is -0.130. The van der Waals surface area contributed by atoms with Crippen molar-refractivity contribution in [2.24, 2.45) is 0 Å². The summed E-state index contributed by atoms with van der Waals surface area (Å²) in [6.07, 6.45) is 3.27. The van der Waals surface area contributed by atoms with Crippen molar-refractivity contribution in [1.82, 2.24) is 9.36 Å². The summed E-state index contributed by atoms with van der Waals surface area (Å²) in [4.78, 5) is 25.0. The fraction of sp³-hybridized carbons (Fsp3) is 0.111. The highest BCUT2D eigenvalue weighted by Crippen LogP contribution is 2.16. The largest absolute Gasteiger partial charge is 0.477 e. The number of pyridine rings is 1. The summed E-state index contributed by atoms with van der Waals surface area (Å²) in [5.41, 5.74) is 0.409. The van der Waals surface area contributed by atoms with Crippen LogP contribution in [0, 0.1) is 0 Å². The molecule has 2 heterocycles.